The summed E-state index contributed by atoms with van der Waals surface area (Å²) in [6, 6.07) is 3.95. The highest BCUT2D eigenvalue weighted by Crippen LogP contribution is 2.27. The molecule has 0 radical (unpaired) electrons. The molecule has 1 aliphatic rings. The van der Waals surface area contributed by atoms with Gasteiger partial charge in [0.2, 0.25) is 5.91 Å². The van der Waals surface area contributed by atoms with E-state index in [1.165, 1.54) is 25.3 Å². The van der Waals surface area contributed by atoms with Crippen molar-refractivity contribution in [2.24, 2.45) is 5.92 Å². The first-order valence-electron chi connectivity index (χ1n) is 9.69. The Kier molecular flexibility index (Phi) is 6.44. The first kappa shape index (κ1) is 20.0. The van der Waals surface area contributed by atoms with E-state index in [4.69, 9.17) is 4.74 Å². The van der Waals surface area contributed by atoms with Crippen LogP contribution < -0.4 is 4.74 Å². The number of carbonyl (C=O) groups excluding carboxylic acids is 2. The van der Waals surface area contributed by atoms with Crippen LogP contribution in [0.1, 0.15) is 42.4 Å². The number of hydrogen-bond acceptors (Lipinski definition) is 4. The Hall–Kier alpha value is -2.70. The third kappa shape index (κ3) is 4.40. The van der Waals surface area contributed by atoms with Gasteiger partial charge in [0.1, 0.15) is 17.4 Å². The van der Waals surface area contributed by atoms with Crippen LogP contribution in [-0.2, 0) is 17.8 Å². The molecule has 0 N–H and O–H groups in total. The summed E-state index contributed by atoms with van der Waals surface area (Å²) in [4.78, 5) is 31.6. The summed E-state index contributed by atoms with van der Waals surface area (Å²) in [6.45, 7) is 3.62. The van der Waals surface area contributed by atoms with Crippen molar-refractivity contribution >= 4 is 11.7 Å². The second-order valence-electron chi connectivity index (χ2n) is 7.03. The lowest BCUT2D eigenvalue weighted by Gasteiger charge is -2.32. The van der Waals surface area contributed by atoms with Crippen LogP contribution in [0.25, 0.3) is 0 Å². The van der Waals surface area contributed by atoms with Crippen LogP contribution >= 0.6 is 0 Å². The molecule has 2 aromatic rings. The molecule has 1 aromatic heterocycles. The Morgan fingerprint density at radius 2 is 2.18 bits per heavy atom. The van der Waals surface area contributed by atoms with E-state index in [2.05, 4.69) is 4.98 Å². The normalized spacial score (nSPS) is 16.8. The van der Waals surface area contributed by atoms with Crippen LogP contribution in [0.15, 0.2) is 30.6 Å². The van der Waals surface area contributed by atoms with Crippen molar-refractivity contribution in [3.05, 3.63) is 47.8 Å². The predicted octanol–water partition coefficient (Wildman–Crippen LogP) is 3.10. The van der Waals surface area contributed by atoms with E-state index in [0.717, 1.165) is 18.7 Å². The van der Waals surface area contributed by atoms with Crippen molar-refractivity contribution < 1.29 is 18.7 Å². The van der Waals surface area contributed by atoms with E-state index in [1.807, 2.05) is 17.7 Å². The van der Waals surface area contributed by atoms with E-state index in [1.54, 1.807) is 11.1 Å². The Morgan fingerprint density at radius 3 is 2.93 bits per heavy atom. The fourth-order valence-corrected chi connectivity index (χ4v) is 3.74. The van der Waals surface area contributed by atoms with Gasteiger partial charge in [-0.15, -0.1) is 0 Å². The number of piperidine rings is 1. The van der Waals surface area contributed by atoms with Gasteiger partial charge in [-0.3, -0.25) is 9.59 Å². The maximum atomic E-state index is 13.6. The van der Waals surface area contributed by atoms with Gasteiger partial charge >= 0.3 is 0 Å². The van der Waals surface area contributed by atoms with Crippen LogP contribution in [0.4, 0.5) is 4.39 Å². The largest absolute Gasteiger partial charge is 0.496 e. The van der Waals surface area contributed by atoms with Crippen LogP contribution in [0.5, 0.6) is 5.75 Å². The summed E-state index contributed by atoms with van der Waals surface area (Å²) < 4.78 is 20.8. The van der Waals surface area contributed by atoms with E-state index in [-0.39, 0.29) is 23.2 Å². The van der Waals surface area contributed by atoms with Crippen molar-refractivity contribution in [2.75, 3.05) is 20.2 Å². The maximum absolute atomic E-state index is 13.6. The molecule has 1 saturated heterocycles. The standard InChI is InChI=1S/C21H26FN3O3/c1-3-19-23-9-12-24(19)11-8-20(26)25-10-4-5-15(14-25)21(27)17-13-16(22)6-7-18(17)28-2/h6-7,9,12-13,15H,3-5,8,10-11,14H2,1-2H3/t15-/m1/s1. The zero-order chi connectivity index (χ0) is 20.1. The lowest BCUT2D eigenvalue weighted by Crippen LogP contribution is -2.42. The van der Waals surface area contributed by atoms with Gasteiger partial charge in [-0.1, -0.05) is 6.92 Å². The number of likely N-dealkylation sites (tertiary alicyclic amines) is 1. The molecule has 1 aromatic carbocycles. The number of nitrogens with zero attached hydrogens (tertiary/aromatic N) is 3. The Labute approximate surface area is 164 Å². The molecule has 0 bridgehead atoms. The first-order valence-corrected chi connectivity index (χ1v) is 9.69. The topological polar surface area (TPSA) is 64.4 Å². The Bertz CT molecular complexity index is 849. The summed E-state index contributed by atoms with van der Waals surface area (Å²) in [5.74, 6) is 0.365. The molecule has 28 heavy (non-hydrogen) atoms. The monoisotopic (exact) mass is 387 g/mol. The Balaban J connectivity index is 1.64. The number of halogens is 1. The van der Waals surface area contributed by atoms with Gasteiger partial charge in [-0.05, 0) is 31.0 Å². The number of Topliss-reactive ketones (excluding diaryl/α,β-unsaturated/α-hetero) is 1. The minimum atomic E-state index is -0.472. The zero-order valence-corrected chi connectivity index (χ0v) is 16.4. The minimum Gasteiger partial charge on any atom is -0.496 e. The molecular formula is C21H26FN3O3. The van der Waals surface area contributed by atoms with Crippen LogP contribution in [-0.4, -0.2) is 46.3 Å². The number of carbonyl (C=O) groups is 2. The summed E-state index contributed by atoms with van der Waals surface area (Å²) in [5, 5.41) is 0. The third-order valence-electron chi connectivity index (χ3n) is 5.26. The van der Waals surface area contributed by atoms with Crippen LogP contribution in [0.3, 0.4) is 0 Å². The second kappa shape index (κ2) is 8.99. The van der Waals surface area contributed by atoms with Gasteiger partial charge < -0.3 is 14.2 Å². The summed E-state index contributed by atoms with van der Waals surface area (Å²) in [5.41, 5.74) is 0.243. The molecule has 0 saturated carbocycles. The number of ether oxygens (including phenoxy) is 1. The quantitative estimate of drug-likeness (QED) is 0.685. The molecule has 7 heteroatoms. The zero-order valence-electron chi connectivity index (χ0n) is 16.4. The summed E-state index contributed by atoms with van der Waals surface area (Å²) in [7, 11) is 1.46. The SMILES string of the molecule is CCc1nccn1CCC(=O)N1CCC[C@@H](C(=O)c2cc(F)ccc2OC)C1. The van der Waals surface area contributed by atoms with Crippen molar-refractivity contribution in [1.82, 2.24) is 14.5 Å². The third-order valence-corrected chi connectivity index (χ3v) is 5.26. The van der Waals surface area contributed by atoms with Crippen LogP contribution in [0, 0.1) is 11.7 Å². The number of amides is 1. The predicted molar refractivity (Wildman–Crippen MR) is 103 cm³/mol. The number of ketones is 1. The van der Waals surface area contributed by atoms with Gasteiger partial charge in [0.05, 0.1) is 12.7 Å². The first-order chi connectivity index (χ1) is 13.5. The van der Waals surface area contributed by atoms with Gasteiger partial charge in [-0.2, -0.15) is 0 Å². The molecule has 1 amide bonds. The van der Waals surface area contributed by atoms with Gasteiger partial charge in [-0.25, -0.2) is 9.37 Å². The van der Waals surface area contributed by atoms with Crippen molar-refractivity contribution in [2.45, 2.75) is 39.2 Å². The van der Waals surface area contributed by atoms with Gasteiger partial charge in [0, 0.05) is 50.8 Å². The number of methoxy groups -OCH3 is 1. The Morgan fingerprint density at radius 1 is 1.36 bits per heavy atom. The van der Waals surface area contributed by atoms with E-state index < -0.39 is 5.82 Å². The van der Waals surface area contributed by atoms with E-state index in [9.17, 15) is 14.0 Å². The molecule has 3 rings (SSSR count). The lowest BCUT2D eigenvalue weighted by atomic mass is 9.89. The highest BCUT2D eigenvalue weighted by Gasteiger charge is 2.30. The van der Waals surface area contributed by atoms with Crippen molar-refractivity contribution in [1.29, 1.82) is 0 Å². The number of benzene rings is 1. The van der Waals surface area contributed by atoms with E-state index in [0.29, 0.717) is 38.2 Å². The average molecular weight is 387 g/mol. The maximum Gasteiger partial charge on any atom is 0.224 e. The van der Waals surface area contributed by atoms with Crippen molar-refractivity contribution in [3.8, 4) is 5.75 Å². The summed E-state index contributed by atoms with van der Waals surface area (Å²) >= 11 is 0. The van der Waals surface area contributed by atoms with Crippen LogP contribution in [0.2, 0.25) is 0 Å². The molecule has 1 aliphatic heterocycles. The number of imidazole rings is 1. The van der Waals surface area contributed by atoms with Crippen molar-refractivity contribution in [3.63, 3.8) is 0 Å². The smallest absolute Gasteiger partial charge is 0.224 e. The molecular weight excluding hydrogens is 361 g/mol. The molecule has 0 aliphatic carbocycles. The van der Waals surface area contributed by atoms with Gasteiger partial charge in [0.25, 0.3) is 0 Å². The number of rotatable bonds is 7. The fourth-order valence-electron chi connectivity index (χ4n) is 3.74. The van der Waals surface area contributed by atoms with E-state index >= 15 is 0 Å². The highest BCUT2D eigenvalue weighted by atomic mass is 19.1. The second-order valence-corrected chi connectivity index (χ2v) is 7.03. The average Bonchev–Trinajstić information content (AvgIpc) is 3.19. The minimum absolute atomic E-state index is 0.0273. The molecule has 0 spiro atoms. The van der Waals surface area contributed by atoms with Gasteiger partial charge in [0.15, 0.2) is 5.78 Å². The molecule has 1 fully saturated rings. The molecule has 6 nitrogen and oxygen atoms in total. The highest BCUT2D eigenvalue weighted by molar-refractivity contribution is 6.00. The fraction of sp³-hybridized carbons (Fsp3) is 0.476. The molecule has 2 heterocycles. The summed E-state index contributed by atoms with van der Waals surface area (Å²) in [6.07, 6.45) is 6.25. The lowest BCUT2D eigenvalue weighted by molar-refractivity contribution is -0.132. The number of aryl methyl sites for hydroxylation is 2. The number of hydrogen-bond donors (Lipinski definition) is 0. The molecule has 150 valence electrons. The molecule has 1 atom stereocenters. The molecule has 0 unspecified atom stereocenters. The number of aromatic nitrogens is 2.